The Balaban J connectivity index is 2.03. The van der Waals surface area contributed by atoms with Crippen molar-refractivity contribution in [3.8, 4) is 28.7 Å². The number of carbonyl (C=O) groups is 1. The van der Waals surface area contributed by atoms with Gasteiger partial charge in [0, 0.05) is 22.9 Å². The summed E-state index contributed by atoms with van der Waals surface area (Å²) in [6.07, 6.45) is 3.37. The Morgan fingerprint density at radius 1 is 1.10 bits per heavy atom. The number of likely N-dealkylation sites (N-methyl/N-ethyl adjacent to an activating group) is 1. The third-order valence-corrected chi connectivity index (χ3v) is 4.33. The Morgan fingerprint density at radius 2 is 1.90 bits per heavy atom. The molecule has 1 amide bonds. The molecule has 0 spiro atoms. The van der Waals surface area contributed by atoms with Gasteiger partial charge in [-0.1, -0.05) is 24.1 Å². The van der Waals surface area contributed by atoms with Crippen LogP contribution in [0.25, 0.3) is 11.1 Å². The van der Waals surface area contributed by atoms with Gasteiger partial charge in [-0.15, -0.1) is 0 Å². The third kappa shape index (κ3) is 5.18. The van der Waals surface area contributed by atoms with Gasteiger partial charge in [-0.3, -0.25) is 9.78 Å². The summed E-state index contributed by atoms with van der Waals surface area (Å²) in [6, 6.07) is 14.8. The zero-order chi connectivity index (χ0) is 20.6. The second-order valence-corrected chi connectivity index (χ2v) is 6.32. The Bertz CT molecular complexity index is 1060. The number of methoxy groups -OCH3 is 1. The van der Waals surface area contributed by atoms with E-state index in [0.717, 1.165) is 16.7 Å². The summed E-state index contributed by atoms with van der Waals surface area (Å²) in [7, 11) is 3.32. The molecule has 2 aromatic heterocycles. The van der Waals surface area contributed by atoms with Crippen molar-refractivity contribution in [2.24, 2.45) is 0 Å². The average Bonchev–Trinajstić information content (AvgIpc) is 2.78. The monoisotopic (exact) mass is 386 g/mol. The number of carbonyl (C=O) groups excluding carboxylic acids is 1. The van der Waals surface area contributed by atoms with E-state index in [2.05, 4.69) is 32.4 Å². The van der Waals surface area contributed by atoms with Gasteiger partial charge in [0.1, 0.15) is 17.3 Å². The van der Waals surface area contributed by atoms with E-state index >= 15 is 0 Å². The molecule has 6 heteroatoms. The number of rotatable bonds is 5. The molecular formula is C23H22N4O2. The van der Waals surface area contributed by atoms with Gasteiger partial charge in [0.2, 0.25) is 5.91 Å². The van der Waals surface area contributed by atoms with Crippen molar-refractivity contribution in [2.45, 2.75) is 13.0 Å². The minimum Gasteiger partial charge on any atom is -0.495 e. The highest BCUT2D eigenvalue weighted by Gasteiger charge is 2.13. The number of aromatic nitrogens is 2. The Labute approximate surface area is 170 Å². The molecule has 0 fully saturated rings. The van der Waals surface area contributed by atoms with Crippen LogP contribution in [0, 0.1) is 11.8 Å². The number of pyridine rings is 2. The van der Waals surface area contributed by atoms with E-state index in [1.165, 1.54) is 0 Å². The van der Waals surface area contributed by atoms with Crippen LogP contribution in [0.3, 0.4) is 0 Å². The quantitative estimate of drug-likeness (QED) is 0.659. The lowest BCUT2D eigenvalue weighted by Gasteiger charge is -2.12. The summed E-state index contributed by atoms with van der Waals surface area (Å²) in [5.41, 5.74) is 3.05. The standard InChI is InChI=1S/C23H22N4O2/c1-16(24-2)23(28)27-22-12-10-20(18-13-19(29-3)15-25-14-18)21(26-22)11-9-17-7-5-4-6-8-17/h4-8,10,12-16,24H,1-3H3,(H,26,27,28). The molecule has 0 saturated heterocycles. The van der Waals surface area contributed by atoms with Crippen LogP contribution in [0.2, 0.25) is 0 Å². The van der Waals surface area contributed by atoms with Crippen molar-refractivity contribution in [3.63, 3.8) is 0 Å². The molecule has 2 heterocycles. The van der Waals surface area contributed by atoms with Crippen LogP contribution in [0.15, 0.2) is 60.9 Å². The van der Waals surface area contributed by atoms with Crippen molar-refractivity contribution < 1.29 is 9.53 Å². The van der Waals surface area contributed by atoms with Crippen LogP contribution < -0.4 is 15.4 Å². The minimum atomic E-state index is -0.335. The fraction of sp³-hybridized carbons (Fsp3) is 0.174. The van der Waals surface area contributed by atoms with E-state index < -0.39 is 0 Å². The molecule has 0 saturated carbocycles. The second-order valence-electron chi connectivity index (χ2n) is 6.32. The fourth-order valence-corrected chi connectivity index (χ4v) is 2.55. The maximum atomic E-state index is 12.2. The highest BCUT2D eigenvalue weighted by atomic mass is 16.5. The normalized spacial score (nSPS) is 11.1. The molecule has 3 aromatic rings. The van der Waals surface area contributed by atoms with Gasteiger partial charge in [0.05, 0.1) is 19.3 Å². The molecule has 2 N–H and O–H groups in total. The molecule has 146 valence electrons. The predicted octanol–water partition coefficient (Wildman–Crippen LogP) is 3.10. The fourth-order valence-electron chi connectivity index (χ4n) is 2.55. The highest BCUT2D eigenvalue weighted by molar-refractivity contribution is 5.94. The maximum Gasteiger partial charge on any atom is 0.242 e. The maximum absolute atomic E-state index is 12.2. The van der Waals surface area contributed by atoms with Gasteiger partial charge in [-0.25, -0.2) is 4.98 Å². The summed E-state index contributed by atoms with van der Waals surface area (Å²) < 4.78 is 5.28. The first-order valence-electron chi connectivity index (χ1n) is 9.16. The van der Waals surface area contributed by atoms with Gasteiger partial charge in [-0.05, 0) is 50.2 Å². The van der Waals surface area contributed by atoms with Crippen molar-refractivity contribution in [1.29, 1.82) is 0 Å². The molecule has 0 radical (unpaired) electrons. The zero-order valence-corrected chi connectivity index (χ0v) is 16.6. The van der Waals surface area contributed by atoms with Gasteiger partial charge >= 0.3 is 0 Å². The Morgan fingerprint density at radius 3 is 2.62 bits per heavy atom. The van der Waals surface area contributed by atoms with Crippen LogP contribution in [-0.2, 0) is 4.79 Å². The molecule has 0 bridgehead atoms. The molecule has 0 aliphatic heterocycles. The second kappa shape index (κ2) is 9.49. The zero-order valence-electron chi connectivity index (χ0n) is 16.6. The van der Waals surface area contributed by atoms with Crippen molar-refractivity contribution in [1.82, 2.24) is 15.3 Å². The predicted molar refractivity (Wildman–Crippen MR) is 114 cm³/mol. The number of benzene rings is 1. The van der Waals surface area contributed by atoms with E-state index in [1.807, 2.05) is 42.5 Å². The van der Waals surface area contributed by atoms with E-state index in [4.69, 9.17) is 4.74 Å². The lowest BCUT2D eigenvalue weighted by molar-refractivity contribution is -0.117. The van der Waals surface area contributed by atoms with Crippen molar-refractivity contribution in [3.05, 3.63) is 72.2 Å². The molecule has 6 nitrogen and oxygen atoms in total. The van der Waals surface area contributed by atoms with Crippen LogP contribution in [0.5, 0.6) is 5.75 Å². The topological polar surface area (TPSA) is 76.1 Å². The highest BCUT2D eigenvalue weighted by Crippen LogP contribution is 2.26. The number of anilines is 1. The number of hydrogen-bond acceptors (Lipinski definition) is 5. The molecule has 1 aromatic carbocycles. The average molecular weight is 386 g/mol. The van der Waals surface area contributed by atoms with Crippen LogP contribution >= 0.6 is 0 Å². The smallest absolute Gasteiger partial charge is 0.242 e. The Hall–Kier alpha value is -3.69. The first-order valence-corrected chi connectivity index (χ1v) is 9.16. The molecule has 29 heavy (non-hydrogen) atoms. The minimum absolute atomic E-state index is 0.169. The molecule has 0 aliphatic carbocycles. The lowest BCUT2D eigenvalue weighted by atomic mass is 10.1. The lowest BCUT2D eigenvalue weighted by Crippen LogP contribution is -2.35. The molecule has 1 unspecified atom stereocenters. The number of nitrogens with zero attached hydrogens (tertiary/aromatic N) is 2. The van der Waals surface area contributed by atoms with Crippen molar-refractivity contribution in [2.75, 3.05) is 19.5 Å². The van der Waals surface area contributed by atoms with E-state index in [1.54, 1.807) is 39.5 Å². The van der Waals surface area contributed by atoms with Crippen molar-refractivity contribution >= 4 is 11.7 Å². The summed E-state index contributed by atoms with van der Waals surface area (Å²) in [4.78, 5) is 21.0. The molecule has 3 rings (SSSR count). The van der Waals surface area contributed by atoms with Gasteiger partial charge in [0.15, 0.2) is 0 Å². The number of hydrogen-bond donors (Lipinski definition) is 2. The summed E-state index contributed by atoms with van der Waals surface area (Å²) in [6.45, 7) is 1.78. The summed E-state index contributed by atoms with van der Waals surface area (Å²) in [5.74, 6) is 7.16. The van der Waals surface area contributed by atoms with E-state index in [9.17, 15) is 4.79 Å². The van der Waals surface area contributed by atoms with Gasteiger partial charge in [0.25, 0.3) is 0 Å². The van der Waals surface area contributed by atoms with Crippen LogP contribution in [0.4, 0.5) is 5.82 Å². The number of ether oxygens (including phenoxy) is 1. The molecular weight excluding hydrogens is 364 g/mol. The largest absolute Gasteiger partial charge is 0.495 e. The van der Waals surface area contributed by atoms with Crippen LogP contribution in [-0.4, -0.2) is 36.1 Å². The SMILES string of the molecule is CNC(C)C(=O)Nc1ccc(-c2cncc(OC)c2)c(C#Cc2ccccc2)n1. The first kappa shape index (κ1) is 20.1. The number of amides is 1. The van der Waals surface area contributed by atoms with E-state index in [-0.39, 0.29) is 11.9 Å². The van der Waals surface area contributed by atoms with E-state index in [0.29, 0.717) is 17.3 Å². The molecule has 1 atom stereocenters. The summed E-state index contributed by atoms with van der Waals surface area (Å²) in [5, 5.41) is 5.72. The first-order chi connectivity index (χ1) is 14.1. The Kier molecular flexibility index (Phi) is 6.56. The molecule has 0 aliphatic rings. The van der Waals surface area contributed by atoms with Gasteiger partial charge in [-0.2, -0.15) is 0 Å². The summed E-state index contributed by atoms with van der Waals surface area (Å²) >= 11 is 0. The number of nitrogens with one attached hydrogen (secondary N) is 2. The third-order valence-electron chi connectivity index (χ3n) is 4.33. The van der Waals surface area contributed by atoms with Crippen LogP contribution in [0.1, 0.15) is 18.2 Å². The van der Waals surface area contributed by atoms with Gasteiger partial charge < -0.3 is 15.4 Å².